The Bertz CT molecular complexity index is 652. The monoisotopic (exact) mass is 276 g/mol. The lowest BCUT2D eigenvalue weighted by Gasteiger charge is -2.00. The molecule has 21 heavy (non-hydrogen) atoms. The van der Waals surface area contributed by atoms with E-state index >= 15 is 0 Å². The van der Waals surface area contributed by atoms with E-state index < -0.39 is 0 Å². The molecule has 2 heteroatoms. The summed E-state index contributed by atoms with van der Waals surface area (Å²) < 4.78 is 0. The second kappa shape index (κ2) is 7.34. The fraction of sp³-hybridized carbons (Fsp3) is 0.158. The van der Waals surface area contributed by atoms with Gasteiger partial charge in [-0.2, -0.15) is 0 Å². The Morgan fingerprint density at radius 1 is 0.667 bits per heavy atom. The van der Waals surface area contributed by atoms with Crippen molar-refractivity contribution in [2.24, 2.45) is 0 Å². The minimum atomic E-state index is 1.08. The summed E-state index contributed by atoms with van der Waals surface area (Å²) in [6, 6.07) is 16.5. The summed E-state index contributed by atoms with van der Waals surface area (Å²) in [5, 5.41) is 0. The number of hydrogen-bond acceptors (Lipinski definition) is 2. The van der Waals surface area contributed by atoms with Crippen LogP contribution in [0.1, 0.15) is 16.8 Å². The van der Waals surface area contributed by atoms with Gasteiger partial charge in [-0.25, -0.2) is 0 Å². The van der Waals surface area contributed by atoms with E-state index in [9.17, 15) is 0 Å². The molecule has 0 saturated carbocycles. The SMILES string of the molecule is Cc1ccc(C)nc1.Cc1cncc(-c2ccccc2)c1. The third kappa shape index (κ3) is 4.84. The lowest BCUT2D eigenvalue weighted by molar-refractivity contribution is 1.17. The normalized spacial score (nSPS) is 9.67. The Balaban J connectivity index is 0.000000173. The van der Waals surface area contributed by atoms with Gasteiger partial charge in [-0.3, -0.25) is 9.97 Å². The van der Waals surface area contributed by atoms with Crippen molar-refractivity contribution >= 4 is 0 Å². The molecule has 2 aromatic heterocycles. The Kier molecular flexibility index (Phi) is 5.22. The molecular formula is C19H20N2. The zero-order valence-electron chi connectivity index (χ0n) is 12.7. The highest BCUT2D eigenvalue weighted by atomic mass is 14.6. The van der Waals surface area contributed by atoms with Crippen molar-refractivity contribution in [2.75, 3.05) is 0 Å². The summed E-state index contributed by atoms with van der Waals surface area (Å²) in [7, 11) is 0. The summed E-state index contributed by atoms with van der Waals surface area (Å²) in [6.45, 7) is 6.07. The minimum Gasteiger partial charge on any atom is -0.264 e. The molecule has 0 saturated heterocycles. The van der Waals surface area contributed by atoms with Gasteiger partial charge in [0.1, 0.15) is 0 Å². The van der Waals surface area contributed by atoms with Crippen LogP contribution in [-0.4, -0.2) is 9.97 Å². The first-order valence-electron chi connectivity index (χ1n) is 7.01. The predicted molar refractivity (Wildman–Crippen MR) is 88.1 cm³/mol. The van der Waals surface area contributed by atoms with E-state index in [-0.39, 0.29) is 0 Å². The number of pyridine rings is 2. The molecule has 0 amide bonds. The highest BCUT2D eigenvalue weighted by molar-refractivity contribution is 5.62. The molecule has 2 nitrogen and oxygen atoms in total. The summed E-state index contributed by atoms with van der Waals surface area (Å²) in [5.41, 5.74) is 5.90. The van der Waals surface area contributed by atoms with Gasteiger partial charge in [-0.15, -0.1) is 0 Å². The Morgan fingerprint density at radius 3 is 2.00 bits per heavy atom. The summed E-state index contributed by atoms with van der Waals surface area (Å²) in [6.07, 6.45) is 5.63. The Labute approximate surface area is 126 Å². The molecule has 0 N–H and O–H groups in total. The van der Waals surface area contributed by atoms with Crippen LogP contribution in [0.25, 0.3) is 11.1 Å². The molecule has 0 spiro atoms. The first-order chi connectivity index (χ1) is 10.1. The molecule has 0 aliphatic heterocycles. The van der Waals surface area contributed by atoms with Crippen LogP contribution < -0.4 is 0 Å². The topological polar surface area (TPSA) is 25.8 Å². The lowest BCUT2D eigenvalue weighted by Crippen LogP contribution is -1.81. The van der Waals surface area contributed by atoms with Crippen molar-refractivity contribution in [3.8, 4) is 11.1 Å². The van der Waals surface area contributed by atoms with Gasteiger partial charge in [0.15, 0.2) is 0 Å². The fourth-order valence-corrected chi connectivity index (χ4v) is 1.89. The maximum atomic E-state index is 4.16. The molecular weight excluding hydrogens is 256 g/mol. The molecule has 0 radical (unpaired) electrons. The molecule has 0 atom stereocenters. The third-order valence-corrected chi connectivity index (χ3v) is 3.04. The molecule has 0 fully saturated rings. The van der Waals surface area contributed by atoms with Crippen molar-refractivity contribution in [2.45, 2.75) is 20.8 Å². The number of hydrogen-bond donors (Lipinski definition) is 0. The Hall–Kier alpha value is -2.48. The van der Waals surface area contributed by atoms with Crippen LogP contribution in [0.3, 0.4) is 0 Å². The number of rotatable bonds is 1. The second-order valence-electron chi connectivity index (χ2n) is 5.09. The first kappa shape index (κ1) is 14.9. The first-order valence-corrected chi connectivity index (χ1v) is 7.01. The summed E-state index contributed by atoms with van der Waals surface area (Å²) in [5.74, 6) is 0. The standard InChI is InChI=1S/C12H11N.C7H9N/c1-10-7-12(9-13-8-10)11-5-3-2-4-6-11;1-6-3-4-7(2)8-5-6/h2-9H,1H3;3-5H,1-2H3. The van der Waals surface area contributed by atoms with Crippen molar-refractivity contribution in [3.63, 3.8) is 0 Å². The van der Waals surface area contributed by atoms with E-state index in [1.807, 2.05) is 56.7 Å². The molecule has 0 aliphatic carbocycles. The van der Waals surface area contributed by atoms with Crippen LogP contribution in [0.4, 0.5) is 0 Å². The van der Waals surface area contributed by atoms with Crippen LogP contribution in [0.5, 0.6) is 0 Å². The van der Waals surface area contributed by atoms with Gasteiger partial charge in [-0.05, 0) is 49.6 Å². The van der Waals surface area contributed by atoms with E-state index in [0.717, 1.165) is 5.69 Å². The molecule has 1 aromatic carbocycles. The molecule has 0 aliphatic rings. The molecule has 3 rings (SSSR count). The largest absolute Gasteiger partial charge is 0.264 e. The summed E-state index contributed by atoms with van der Waals surface area (Å²) >= 11 is 0. The summed E-state index contributed by atoms with van der Waals surface area (Å²) in [4.78, 5) is 8.24. The van der Waals surface area contributed by atoms with Gasteiger partial charge >= 0.3 is 0 Å². The number of aromatic nitrogens is 2. The average molecular weight is 276 g/mol. The van der Waals surface area contributed by atoms with Gasteiger partial charge in [0, 0.05) is 29.8 Å². The predicted octanol–water partition coefficient (Wildman–Crippen LogP) is 4.76. The molecule has 3 aromatic rings. The maximum Gasteiger partial charge on any atom is 0.0372 e. The van der Waals surface area contributed by atoms with Gasteiger partial charge in [0.25, 0.3) is 0 Å². The van der Waals surface area contributed by atoms with Gasteiger partial charge < -0.3 is 0 Å². The van der Waals surface area contributed by atoms with Crippen molar-refractivity contribution < 1.29 is 0 Å². The van der Waals surface area contributed by atoms with Crippen LogP contribution in [0.15, 0.2) is 67.1 Å². The number of nitrogens with zero attached hydrogens (tertiary/aromatic N) is 2. The van der Waals surface area contributed by atoms with Gasteiger partial charge in [-0.1, -0.05) is 36.4 Å². The number of benzene rings is 1. The van der Waals surface area contributed by atoms with Crippen molar-refractivity contribution in [1.82, 2.24) is 9.97 Å². The van der Waals surface area contributed by atoms with Gasteiger partial charge in [0.2, 0.25) is 0 Å². The maximum absolute atomic E-state index is 4.16. The zero-order valence-corrected chi connectivity index (χ0v) is 12.7. The van der Waals surface area contributed by atoms with Gasteiger partial charge in [0.05, 0.1) is 0 Å². The van der Waals surface area contributed by atoms with Crippen LogP contribution in [0.2, 0.25) is 0 Å². The van der Waals surface area contributed by atoms with E-state index in [0.29, 0.717) is 0 Å². The molecule has 2 heterocycles. The van der Waals surface area contributed by atoms with E-state index in [4.69, 9.17) is 0 Å². The smallest absolute Gasteiger partial charge is 0.0372 e. The quantitative estimate of drug-likeness (QED) is 0.640. The fourth-order valence-electron chi connectivity index (χ4n) is 1.89. The average Bonchev–Trinajstić information content (AvgIpc) is 2.52. The molecule has 106 valence electrons. The van der Waals surface area contributed by atoms with Crippen LogP contribution in [0, 0.1) is 20.8 Å². The second-order valence-corrected chi connectivity index (χ2v) is 5.09. The third-order valence-electron chi connectivity index (χ3n) is 3.04. The minimum absolute atomic E-state index is 1.08. The van der Waals surface area contributed by atoms with Crippen LogP contribution >= 0.6 is 0 Å². The highest BCUT2D eigenvalue weighted by Gasteiger charge is 1.95. The Morgan fingerprint density at radius 2 is 1.43 bits per heavy atom. The van der Waals surface area contributed by atoms with Crippen molar-refractivity contribution in [3.05, 3.63) is 83.9 Å². The van der Waals surface area contributed by atoms with E-state index in [1.54, 1.807) is 0 Å². The number of aryl methyl sites for hydroxylation is 3. The zero-order chi connectivity index (χ0) is 15.1. The molecule has 0 bridgehead atoms. The molecule has 0 unspecified atom stereocenters. The van der Waals surface area contributed by atoms with Crippen LogP contribution in [-0.2, 0) is 0 Å². The van der Waals surface area contributed by atoms with Crippen molar-refractivity contribution in [1.29, 1.82) is 0 Å². The van der Waals surface area contributed by atoms with E-state index in [1.165, 1.54) is 22.3 Å². The van der Waals surface area contributed by atoms with E-state index in [2.05, 4.69) is 41.2 Å². The highest BCUT2D eigenvalue weighted by Crippen LogP contribution is 2.17. The lowest BCUT2D eigenvalue weighted by atomic mass is 10.1.